The van der Waals surface area contributed by atoms with Gasteiger partial charge in [0.2, 0.25) is 0 Å². The minimum Gasteiger partial charge on any atom is -0.412 e. The summed E-state index contributed by atoms with van der Waals surface area (Å²) in [4.78, 5) is 0. The number of allylic oxidation sites excluding steroid dienone is 19. The molecule has 8 rings (SSSR count). The standard InChI is InChI=1S/C54H76.C8H16.C7H14.C2H6.2H2O/c1-8-21-44(11-4)47-33-43(26-16-14-12-13-15-24-39(5)6)36-50-51(46-29-20-31-54(38-46)30-19-25-40(7)37-54)48-34-41-27-17-18-28-42(32-41)35-49(48)52(53(47)50)45(22-9-2)23-10-3;1-2-4-6-8-7-5-3-1;1-2-4-6-7-5-3-1;1-2;;/h12-16,24,26,32-35,40,44-47,50H,5-6,8-11,17-23,25,27-31,36-38H2,1-4,7H3;1-8H2;1-7H2;1-2H3;2*1H2/b13-12-,16-14+,24-15-,43-26+;;;;;. The van der Waals surface area contributed by atoms with Crippen LogP contribution >= 0.6 is 0 Å². The Bertz CT molecular complexity index is 1810. The lowest BCUT2D eigenvalue weighted by Crippen LogP contribution is -2.39. The number of rotatable bonds is 14. The molecule has 0 saturated heterocycles. The third kappa shape index (κ3) is 20.3. The second-order valence-corrected chi connectivity index (χ2v) is 23.9. The second kappa shape index (κ2) is 36.4. The summed E-state index contributed by atoms with van der Waals surface area (Å²) in [5, 5.41) is 0. The molecule has 0 amide bonds. The molecule has 2 nitrogen and oxygen atoms in total. The summed E-state index contributed by atoms with van der Waals surface area (Å²) in [6, 6.07) is 0. The lowest BCUT2D eigenvalue weighted by molar-refractivity contribution is 0.0701. The lowest BCUT2D eigenvalue weighted by atomic mass is 9.53. The van der Waals surface area contributed by atoms with E-state index in [2.05, 4.69) is 103 Å². The summed E-state index contributed by atoms with van der Waals surface area (Å²) in [5.74, 6) is 3.94. The molecule has 0 heterocycles. The first kappa shape index (κ1) is 64.6. The van der Waals surface area contributed by atoms with Gasteiger partial charge in [-0.2, -0.15) is 0 Å². The van der Waals surface area contributed by atoms with Gasteiger partial charge in [0.25, 0.3) is 0 Å². The van der Waals surface area contributed by atoms with Crippen LogP contribution in [0.1, 0.15) is 273 Å². The van der Waals surface area contributed by atoms with Crippen molar-refractivity contribution in [1.82, 2.24) is 0 Å². The Kier molecular flexibility index (Phi) is 32.2. The van der Waals surface area contributed by atoms with Crippen LogP contribution in [0.2, 0.25) is 0 Å². The van der Waals surface area contributed by atoms with Gasteiger partial charge in [0, 0.05) is 5.92 Å². The van der Waals surface area contributed by atoms with Crippen molar-refractivity contribution in [3.05, 3.63) is 131 Å². The Morgan fingerprint density at radius 1 is 0.616 bits per heavy atom. The predicted molar refractivity (Wildman–Crippen MR) is 325 cm³/mol. The Hall–Kier alpha value is -2.68. The van der Waals surface area contributed by atoms with Crippen LogP contribution in [0.3, 0.4) is 0 Å². The van der Waals surface area contributed by atoms with Gasteiger partial charge >= 0.3 is 0 Å². The molecule has 0 aromatic carbocycles. The van der Waals surface area contributed by atoms with E-state index < -0.39 is 0 Å². The molecule has 4 N–H and O–H groups in total. The molecule has 73 heavy (non-hydrogen) atoms. The molecule has 2 heteroatoms. The molecule has 5 saturated carbocycles. The zero-order chi connectivity index (χ0) is 50.7. The van der Waals surface area contributed by atoms with E-state index in [1.165, 1.54) is 218 Å². The Morgan fingerprint density at radius 3 is 1.66 bits per heavy atom. The third-order valence-electron chi connectivity index (χ3n) is 18.1. The lowest BCUT2D eigenvalue weighted by Gasteiger charge is -2.51. The molecule has 8 aliphatic carbocycles. The zero-order valence-electron chi connectivity index (χ0n) is 49.0. The Labute approximate surface area is 453 Å². The zero-order valence-corrected chi connectivity index (χ0v) is 49.0. The molecule has 2 radical (unpaired) electrons. The van der Waals surface area contributed by atoms with Crippen LogP contribution in [-0.2, 0) is 0 Å². The van der Waals surface area contributed by atoms with Gasteiger partial charge in [0.1, 0.15) is 0 Å². The maximum Gasteiger partial charge on any atom is 0.00656 e. The van der Waals surface area contributed by atoms with Crippen molar-refractivity contribution in [2.24, 2.45) is 40.9 Å². The van der Waals surface area contributed by atoms with Gasteiger partial charge in [0.05, 0.1) is 0 Å². The van der Waals surface area contributed by atoms with Gasteiger partial charge < -0.3 is 11.0 Å². The van der Waals surface area contributed by atoms with Crippen molar-refractivity contribution in [3.63, 3.8) is 0 Å². The van der Waals surface area contributed by atoms with E-state index in [-0.39, 0.29) is 11.0 Å². The van der Waals surface area contributed by atoms with Crippen LogP contribution < -0.4 is 0 Å². The van der Waals surface area contributed by atoms with E-state index >= 15 is 0 Å². The first-order valence-corrected chi connectivity index (χ1v) is 31.5. The molecule has 6 unspecified atom stereocenters. The van der Waals surface area contributed by atoms with E-state index in [0.717, 1.165) is 17.9 Å². The van der Waals surface area contributed by atoms with Crippen LogP contribution in [0.25, 0.3) is 0 Å². The van der Waals surface area contributed by atoms with Crippen LogP contribution in [0.15, 0.2) is 117 Å². The molecule has 2 bridgehead atoms. The molecule has 8 aliphatic rings. The SMILES string of the molecule is C1CCCCCC1.C1CCCCCCC1.CC.O.O.[CH2]C(=C)\C=C/C=C\C=C\C=C1/[CH]C(C(CC)CCC)C2=C(C(CCC)CCC)C3=CC4=CC(=CC3=C(C3CCCC5(CCCC(C)C5)C3)C2C1)CCCC4. The van der Waals surface area contributed by atoms with Gasteiger partial charge in [0.15, 0.2) is 0 Å². The van der Waals surface area contributed by atoms with Crippen LogP contribution in [0.5, 0.6) is 0 Å². The number of hydrogen-bond donors (Lipinski definition) is 0. The van der Waals surface area contributed by atoms with E-state index in [1.807, 2.05) is 42.7 Å². The van der Waals surface area contributed by atoms with E-state index in [4.69, 9.17) is 0 Å². The highest BCUT2D eigenvalue weighted by Crippen LogP contribution is 2.61. The highest BCUT2D eigenvalue weighted by atomic mass is 16.0. The molecule has 412 valence electrons. The first-order valence-electron chi connectivity index (χ1n) is 31.5. The van der Waals surface area contributed by atoms with E-state index in [1.54, 1.807) is 27.9 Å². The number of hydrogen-bond acceptors (Lipinski definition) is 0. The summed E-state index contributed by atoms with van der Waals surface area (Å²) in [7, 11) is 0. The predicted octanol–water partition coefficient (Wildman–Crippen LogP) is 21.4. The summed E-state index contributed by atoms with van der Waals surface area (Å²) < 4.78 is 0. The van der Waals surface area contributed by atoms with Crippen molar-refractivity contribution in [2.75, 3.05) is 0 Å². The summed E-state index contributed by atoms with van der Waals surface area (Å²) in [6.07, 6.45) is 75.5. The fourth-order valence-electron chi connectivity index (χ4n) is 14.9. The van der Waals surface area contributed by atoms with Crippen molar-refractivity contribution in [3.8, 4) is 0 Å². The molecular formula is C71H116O2. The average Bonchev–Trinajstić information content (AvgIpc) is 3.86. The van der Waals surface area contributed by atoms with Crippen molar-refractivity contribution in [1.29, 1.82) is 0 Å². The second-order valence-electron chi connectivity index (χ2n) is 23.9. The normalized spacial score (nSPS) is 27.6. The van der Waals surface area contributed by atoms with Gasteiger partial charge in [-0.1, -0.05) is 286 Å². The molecule has 0 aliphatic heterocycles. The summed E-state index contributed by atoms with van der Waals surface area (Å²) in [5.41, 5.74) is 15.1. The summed E-state index contributed by atoms with van der Waals surface area (Å²) in [6.45, 7) is 24.1. The van der Waals surface area contributed by atoms with Gasteiger partial charge in [-0.15, -0.1) is 0 Å². The van der Waals surface area contributed by atoms with Gasteiger partial charge in [-0.3, -0.25) is 0 Å². The first-order chi connectivity index (χ1) is 34.8. The molecule has 1 spiro atoms. The molecule has 5 fully saturated rings. The highest BCUT2D eigenvalue weighted by Gasteiger charge is 2.48. The van der Waals surface area contributed by atoms with E-state index in [0.29, 0.717) is 35.0 Å². The Morgan fingerprint density at radius 2 is 1.14 bits per heavy atom. The van der Waals surface area contributed by atoms with Crippen molar-refractivity contribution in [2.45, 2.75) is 273 Å². The topological polar surface area (TPSA) is 63.0 Å². The summed E-state index contributed by atoms with van der Waals surface area (Å²) >= 11 is 0. The monoisotopic (exact) mass is 1000 g/mol. The minimum atomic E-state index is 0. The van der Waals surface area contributed by atoms with Crippen molar-refractivity contribution < 1.29 is 11.0 Å². The van der Waals surface area contributed by atoms with Gasteiger partial charge in [-0.05, 0) is 153 Å². The average molecular weight is 1000 g/mol. The van der Waals surface area contributed by atoms with Crippen molar-refractivity contribution >= 4 is 0 Å². The van der Waals surface area contributed by atoms with Crippen LogP contribution in [0, 0.1) is 54.3 Å². The third-order valence-corrected chi connectivity index (χ3v) is 18.1. The van der Waals surface area contributed by atoms with E-state index in [9.17, 15) is 0 Å². The molecule has 6 atom stereocenters. The molecule has 0 aromatic heterocycles. The quantitative estimate of drug-likeness (QED) is 0.123. The van der Waals surface area contributed by atoms with Crippen LogP contribution in [-0.4, -0.2) is 11.0 Å². The Balaban J connectivity index is 0.000000628. The van der Waals surface area contributed by atoms with Gasteiger partial charge in [-0.25, -0.2) is 0 Å². The largest absolute Gasteiger partial charge is 0.412 e. The molecule has 0 aromatic rings. The molecular weight excluding hydrogens is 885 g/mol. The highest BCUT2D eigenvalue weighted by molar-refractivity contribution is 5.68. The maximum absolute atomic E-state index is 3.90. The minimum absolute atomic E-state index is 0. The smallest absolute Gasteiger partial charge is 0.00656 e. The fraction of sp³-hybridized carbons (Fsp3) is 0.690. The number of fused-ring (bicyclic) bond motifs is 3. The maximum atomic E-state index is 3.90. The van der Waals surface area contributed by atoms with Crippen LogP contribution in [0.4, 0.5) is 0 Å². The fourth-order valence-corrected chi connectivity index (χ4v) is 14.9.